The first-order chi connectivity index (χ1) is 7.24. The smallest absolute Gasteiger partial charge is 0.233 e. The Kier molecular flexibility index (Phi) is 2.42. The summed E-state index contributed by atoms with van der Waals surface area (Å²) in [5.74, 6) is 1.19. The lowest BCUT2D eigenvalue weighted by Crippen LogP contribution is -2.28. The molecule has 1 aromatic carbocycles. The molecule has 15 heavy (non-hydrogen) atoms. The van der Waals surface area contributed by atoms with Gasteiger partial charge in [0, 0.05) is 0 Å². The molecule has 2 nitrogen and oxygen atoms in total. The third kappa shape index (κ3) is 1.59. The third-order valence-corrected chi connectivity index (χ3v) is 2.60. The van der Waals surface area contributed by atoms with Crippen molar-refractivity contribution in [3.8, 4) is 11.4 Å². The van der Waals surface area contributed by atoms with Gasteiger partial charge in [0.2, 0.25) is 0 Å². The van der Waals surface area contributed by atoms with Gasteiger partial charge in [0.05, 0.1) is 19.7 Å². The van der Waals surface area contributed by atoms with Crippen molar-refractivity contribution in [2.24, 2.45) is 14.1 Å². The van der Waals surface area contributed by atoms with Gasteiger partial charge in [-0.3, -0.25) is 0 Å². The van der Waals surface area contributed by atoms with Crippen LogP contribution >= 0.6 is 0 Å². The van der Waals surface area contributed by atoms with Crippen molar-refractivity contribution in [1.29, 1.82) is 0 Å². The normalized spacial score (nSPS) is 10.3. The molecule has 0 aliphatic rings. The molecule has 0 unspecified atom stereocenters. The predicted octanol–water partition coefficient (Wildman–Crippen LogP) is 2.16. The minimum Gasteiger partial charge on any atom is -0.233 e. The number of aromatic nitrogens is 2. The van der Waals surface area contributed by atoms with E-state index in [1.807, 2.05) is 12.1 Å². The molecular formula is C13H15N2+. The molecule has 76 valence electrons. The minimum absolute atomic E-state index is 1.16. The van der Waals surface area contributed by atoms with Crippen LogP contribution in [0.4, 0.5) is 0 Å². The summed E-state index contributed by atoms with van der Waals surface area (Å²) < 4.78 is 4.23. The van der Waals surface area contributed by atoms with Crippen LogP contribution in [0.3, 0.4) is 0 Å². The topological polar surface area (TPSA) is 8.81 Å². The van der Waals surface area contributed by atoms with Gasteiger partial charge in [0.1, 0.15) is 12.4 Å². The first kappa shape index (κ1) is 9.71. The van der Waals surface area contributed by atoms with Crippen LogP contribution in [0.25, 0.3) is 17.5 Å². The monoisotopic (exact) mass is 199 g/mol. The second-order valence-corrected chi connectivity index (χ2v) is 3.63. The molecule has 2 rings (SSSR count). The van der Waals surface area contributed by atoms with Gasteiger partial charge in [-0.2, -0.15) is 0 Å². The maximum absolute atomic E-state index is 3.84. The molecule has 0 bridgehead atoms. The molecule has 0 atom stereocenters. The number of imidazole rings is 1. The van der Waals surface area contributed by atoms with Crippen LogP contribution in [0.5, 0.6) is 0 Å². The van der Waals surface area contributed by atoms with Gasteiger partial charge >= 0.3 is 0 Å². The SMILES string of the molecule is C=Cc1ccccc1-c1n(C)cc[n+]1C. The lowest BCUT2D eigenvalue weighted by molar-refractivity contribution is -0.659. The van der Waals surface area contributed by atoms with Crippen LogP contribution in [0, 0.1) is 0 Å². The van der Waals surface area contributed by atoms with Gasteiger partial charge in [-0.15, -0.1) is 0 Å². The van der Waals surface area contributed by atoms with Gasteiger partial charge in [-0.25, -0.2) is 9.13 Å². The molecule has 0 N–H and O–H groups in total. The molecule has 1 heterocycles. The molecule has 0 spiro atoms. The highest BCUT2D eigenvalue weighted by atomic mass is 15.1. The molecule has 2 heteroatoms. The Hall–Kier alpha value is -1.83. The summed E-state index contributed by atoms with van der Waals surface area (Å²) in [5, 5.41) is 0. The van der Waals surface area contributed by atoms with E-state index >= 15 is 0 Å². The first-order valence-electron chi connectivity index (χ1n) is 4.97. The van der Waals surface area contributed by atoms with Crippen LogP contribution in [0.1, 0.15) is 5.56 Å². The van der Waals surface area contributed by atoms with Crippen LogP contribution < -0.4 is 4.57 Å². The van der Waals surface area contributed by atoms with Gasteiger partial charge in [0.25, 0.3) is 5.82 Å². The summed E-state index contributed by atoms with van der Waals surface area (Å²) in [6.45, 7) is 3.84. The van der Waals surface area contributed by atoms with Gasteiger partial charge in [-0.05, 0) is 11.6 Å². The molecule has 0 amide bonds. The number of nitrogens with zero attached hydrogens (tertiary/aromatic N) is 2. The van der Waals surface area contributed by atoms with Crippen molar-refractivity contribution in [3.63, 3.8) is 0 Å². The van der Waals surface area contributed by atoms with E-state index in [0.717, 1.165) is 5.56 Å². The first-order valence-corrected chi connectivity index (χ1v) is 4.97. The standard InChI is InChI=1S/C13H15N2/c1-4-11-7-5-6-8-12(11)13-14(2)9-10-15(13)3/h4-10H,1H2,2-3H3/q+1. The summed E-state index contributed by atoms with van der Waals surface area (Å²) in [6.07, 6.45) is 5.99. The van der Waals surface area contributed by atoms with E-state index in [-0.39, 0.29) is 0 Å². The van der Waals surface area contributed by atoms with Crippen LogP contribution in [-0.4, -0.2) is 4.57 Å². The van der Waals surface area contributed by atoms with Crippen LogP contribution in [0.15, 0.2) is 43.2 Å². The maximum atomic E-state index is 3.84. The number of hydrogen-bond acceptors (Lipinski definition) is 0. The van der Waals surface area contributed by atoms with E-state index in [4.69, 9.17) is 0 Å². The van der Waals surface area contributed by atoms with Crippen LogP contribution in [-0.2, 0) is 14.1 Å². The van der Waals surface area contributed by atoms with E-state index in [9.17, 15) is 0 Å². The third-order valence-electron chi connectivity index (χ3n) is 2.60. The molecule has 2 aromatic rings. The fourth-order valence-corrected chi connectivity index (χ4v) is 1.85. The Bertz CT molecular complexity index is 475. The second-order valence-electron chi connectivity index (χ2n) is 3.63. The van der Waals surface area contributed by atoms with Crippen molar-refractivity contribution in [1.82, 2.24) is 4.57 Å². The summed E-state index contributed by atoms with van der Waals surface area (Å²) in [5.41, 5.74) is 2.37. The van der Waals surface area contributed by atoms with Gasteiger partial charge < -0.3 is 0 Å². The summed E-state index contributed by atoms with van der Waals surface area (Å²) in [4.78, 5) is 0. The lowest BCUT2D eigenvalue weighted by Gasteiger charge is -2.02. The van der Waals surface area contributed by atoms with Crippen molar-refractivity contribution in [2.45, 2.75) is 0 Å². The fraction of sp³-hybridized carbons (Fsp3) is 0.154. The Morgan fingerprint density at radius 3 is 2.67 bits per heavy atom. The Balaban J connectivity index is 2.68. The molecule has 0 saturated carbocycles. The highest BCUT2D eigenvalue weighted by Gasteiger charge is 2.15. The average molecular weight is 199 g/mol. The van der Waals surface area contributed by atoms with Crippen molar-refractivity contribution >= 4 is 6.08 Å². The van der Waals surface area contributed by atoms with Crippen molar-refractivity contribution in [2.75, 3.05) is 0 Å². The number of rotatable bonds is 2. The molecule has 1 aromatic heterocycles. The molecule has 0 aliphatic heterocycles. The highest BCUT2D eigenvalue weighted by Crippen LogP contribution is 2.20. The van der Waals surface area contributed by atoms with Crippen molar-refractivity contribution in [3.05, 3.63) is 48.8 Å². The highest BCUT2D eigenvalue weighted by molar-refractivity contribution is 5.68. The van der Waals surface area contributed by atoms with E-state index in [1.165, 1.54) is 11.4 Å². The molecule has 0 radical (unpaired) electrons. The zero-order chi connectivity index (χ0) is 10.8. The molecular weight excluding hydrogens is 184 g/mol. The van der Waals surface area contributed by atoms with Gasteiger partial charge in [-0.1, -0.05) is 30.9 Å². The van der Waals surface area contributed by atoms with E-state index in [2.05, 4.69) is 60.4 Å². The fourth-order valence-electron chi connectivity index (χ4n) is 1.85. The number of aryl methyl sites for hydroxylation is 2. The average Bonchev–Trinajstić information content (AvgIpc) is 2.59. The van der Waals surface area contributed by atoms with E-state index < -0.39 is 0 Å². The minimum atomic E-state index is 1.16. The Labute approximate surface area is 90.1 Å². The zero-order valence-corrected chi connectivity index (χ0v) is 9.14. The van der Waals surface area contributed by atoms with E-state index in [1.54, 1.807) is 0 Å². The maximum Gasteiger partial charge on any atom is 0.289 e. The number of benzene rings is 1. The largest absolute Gasteiger partial charge is 0.289 e. The second kappa shape index (κ2) is 3.73. The molecule has 0 saturated heterocycles. The molecule has 0 fully saturated rings. The van der Waals surface area contributed by atoms with Gasteiger partial charge in [0.15, 0.2) is 0 Å². The molecule has 0 aliphatic carbocycles. The predicted molar refractivity (Wildman–Crippen MR) is 62.1 cm³/mol. The summed E-state index contributed by atoms with van der Waals surface area (Å²) in [7, 11) is 4.10. The van der Waals surface area contributed by atoms with Crippen molar-refractivity contribution < 1.29 is 4.57 Å². The lowest BCUT2D eigenvalue weighted by atomic mass is 10.1. The summed E-state index contributed by atoms with van der Waals surface area (Å²) in [6, 6.07) is 8.28. The quantitative estimate of drug-likeness (QED) is 0.655. The Morgan fingerprint density at radius 1 is 1.33 bits per heavy atom. The van der Waals surface area contributed by atoms with Crippen LogP contribution in [0.2, 0.25) is 0 Å². The Morgan fingerprint density at radius 2 is 2.07 bits per heavy atom. The zero-order valence-electron chi connectivity index (χ0n) is 9.14. The number of hydrogen-bond donors (Lipinski definition) is 0. The van der Waals surface area contributed by atoms with E-state index in [0.29, 0.717) is 0 Å². The summed E-state index contributed by atoms with van der Waals surface area (Å²) >= 11 is 0.